The Labute approximate surface area is 214 Å². The first kappa shape index (κ1) is 25.4. The van der Waals surface area contributed by atoms with E-state index in [4.69, 9.17) is 11.6 Å². The van der Waals surface area contributed by atoms with Gasteiger partial charge >= 0.3 is 0 Å². The molecule has 0 aliphatic carbocycles. The highest BCUT2D eigenvalue weighted by Gasteiger charge is 2.27. The fraction of sp³-hybridized carbons (Fsp3) is 0.333. The molecule has 9 heteroatoms. The van der Waals surface area contributed by atoms with Gasteiger partial charge in [0.25, 0.3) is 5.91 Å². The number of amides is 2. The lowest BCUT2D eigenvalue weighted by Crippen LogP contribution is -2.43. The molecule has 4 rings (SSSR count). The molecular weight excluding hydrogens is 481 g/mol. The molecule has 0 bridgehead atoms. The first-order valence-corrected chi connectivity index (χ1v) is 12.2. The van der Waals surface area contributed by atoms with Gasteiger partial charge in [0.15, 0.2) is 11.6 Å². The number of aromatic nitrogens is 3. The summed E-state index contributed by atoms with van der Waals surface area (Å²) in [6.45, 7) is 5.52. The average Bonchev–Trinajstić information content (AvgIpc) is 3.24. The van der Waals surface area contributed by atoms with Crippen LogP contribution in [0, 0.1) is 29.5 Å². The Bertz CT molecular complexity index is 1310. The summed E-state index contributed by atoms with van der Waals surface area (Å²) < 4.78 is 16.2. The van der Waals surface area contributed by atoms with Gasteiger partial charge in [-0.25, -0.2) is 9.37 Å². The quantitative estimate of drug-likeness (QED) is 0.511. The lowest BCUT2D eigenvalue weighted by atomic mass is 9.97. The van der Waals surface area contributed by atoms with Gasteiger partial charge in [-0.3, -0.25) is 14.3 Å². The van der Waals surface area contributed by atoms with Crippen LogP contribution in [0.15, 0.2) is 48.8 Å². The molecule has 3 aromatic rings. The van der Waals surface area contributed by atoms with Crippen LogP contribution in [-0.4, -0.2) is 44.6 Å². The lowest BCUT2D eigenvalue weighted by molar-refractivity contribution is -0.136. The third-order valence-corrected chi connectivity index (χ3v) is 6.24. The highest BCUT2D eigenvalue weighted by Crippen LogP contribution is 2.24. The summed E-state index contributed by atoms with van der Waals surface area (Å²) in [4.78, 5) is 31.3. The summed E-state index contributed by atoms with van der Waals surface area (Å²) in [5.41, 5.74) is 1.31. The first-order chi connectivity index (χ1) is 17.3. The molecule has 1 aromatic carbocycles. The predicted molar refractivity (Wildman–Crippen MR) is 136 cm³/mol. The molecule has 3 heterocycles. The Morgan fingerprint density at radius 2 is 1.94 bits per heavy atom. The van der Waals surface area contributed by atoms with Crippen molar-refractivity contribution >= 4 is 29.2 Å². The maximum atomic E-state index is 14.7. The number of halogens is 2. The van der Waals surface area contributed by atoms with E-state index in [0.29, 0.717) is 18.7 Å². The minimum absolute atomic E-state index is 0.0673. The Morgan fingerprint density at radius 3 is 2.67 bits per heavy atom. The van der Waals surface area contributed by atoms with E-state index < -0.39 is 11.7 Å². The second-order valence-electron chi connectivity index (χ2n) is 9.10. The summed E-state index contributed by atoms with van der Waals surface area (Å²) >= 11 is 6.27. The third kappa shape index (κ3) is 6.10. The van der Waals surface area contributed by atoms with E-state index in [1.807, 2.05) is 49.1 Å². The highest BCUT2D eigenvalue weighted by molar-refractivity contribution is 6.34. The number of carbonyl (C=O) groups excluding carboxylic acids is 2. The van der Waals surface area contributed by atoms with Gasteiger partial charge in [-0.15, -0.1) is 0 Å². The number of likely N-dealkylation sites (tertiary alicyclic amines) is 1. The normalized spacial score (nSPS) is 15.4. The Morgan fingerprint density at radius 1 is 1.19 bits per heavy atom. The van der Waals surface area contributed by atoms with Crippen molar-refractivity contribution in [2.75, 3.05) is 18.4 Å². The molecule has 1 aliphatic rings. The number of anilines is 1. The summed E-state index contributed by atoms with van der Waals surface area (Å²) in [7, 11) is 0. The third-order valence-electron chi connectivity index (χ3n) is 5.96. The standard InChI is InChI=1S/C27H27ClFN5O2/c1-18(2)27(36)33-12-6-9-21(16-33)17-34-24(22(28)15-31-34)26(35)32-25-23(29)13-20(14-30-25)11-10-19-7-4-3-5-8-19/h3-5,7-8,13-15,18,21H,6,9,12,16-17H2,1-2H3,(H,30,32,35)/t21-/m0/s1. The molecule has 0 unspecified atom stereocenters. The van der Waals surface area contributed by atoms with Gasteiger partial charge in [0.2, 0.25) is 5.91 Å². The molecular formula is C27H27ClFN5O2. The maximum Gasteiger partial charge on any atom is 0.276 e. The molecule has 36 heavy (non-hydrogen) atoms. The van der Waals surface area contributed by atoms with E-state index in [2.05, 4.69) is 27.2 Å². The first-order valence-electron chi connectivity index (χ1n) is 11.9. The van der Waals surface area contributed by atoms with E-state index in [-0.39, 0.29) is 34.3 Å². The van der Waals surface area contributed by atoms with Crippen molar-refractivity contribution in [2.24, 2.45) is 11.8 Å². The monoisotopic (exact) mass is 507 g/mol. The largest absolute Gasteiger partial charge is 0.342 e. The molecule has 1 atom stereocenters. The second kappa shape index (κ2) is 11.4. The van der Waals surface area contributed by atoms with Crippen molar-refractivity contribution in [3.8, 4) is 11.8 Å². The van der Waals surface area contributed by atoms with Crippen LogP contribution in [-0.2, 0) is 11.3 Å². The molecule has 2 amide bonds. The van der Waals surface area contributed by atoms with E-state index >= 15 is 0 Å². The molecule has 1 fully saturated rings. The number of hydrogen-bond donors (Lipinski definition) is 1. The molecule has 2 aromatic heterocycles. The molecule has 0 saturated carbocycles. The summed E-state index contributed by atoms with van der Waals surface area (Å²) in [5.74, 6) is 4.44. The summed E-state index contributed by atoms with van der Waals surface area (Å²) in [5, 5.41) is 6.90. The Hall–Kier alpha value is -3.70. The number of hydrogen-bond acceptors (Lipinski definition) is 4. The van der Waals surface area contributed by atoms with Crippen molar-refractivity contribution in [3.05, 3.63) is 76.5 Å². The number of nitrogens with zero attached hydrogens (tertiary/aromatic N) is 4. The van der Waals surface area contributed by atoms with Crippen LogP contribution < -0.4 is 5.32 Å². The van der Waals surface area contributed by atoms with Crippen molar-refractivity contribution in [1.82, 2.24) is 19.7 Å². The van der Waals surface area contributed by atoms with Crippen LogP contribution >= 0.6 is 11.6 Å². The molecule has 1 N–H and O–H groups in total. The summed E-state index contributed by atoms with van der Waals surface area (Å²) in [6, 6.07) is 10.6. The summed E-state index contributed by atoms with van der Waals surface area (Å²) in [6.07, 6.45) is 4.58. The number of benzene rings is 1. The second-order valence-corrected chi connectivity index (χ2v) is 9.50. The van der Waals surface area contributed by atoms with Gasteiger partial charge in [-0.1, -0.05) is 55.5 Å². The van der Waals surface area contributed by atoms with Gasteiger partial charge in [-0.05, 0) is 37.0 Å². The van der Waals surface area contributed by atoms with Crippen LogP contribution in [0.5, 0.6) is 0 Å². The molecule has 1 saturated heterocycles. The smallest absolute Gasteiger partial charge is 0.276 e. The topological polar surface area (TPSA) is 80.1 Å². The van der Waals surface area contributed by atoms with E-state index in [1.165, 1.54) is 23.1 Å². The van der Waals surface area contributed by atoms with Crippen molar-refractivity contribution < 1.29 is 14.0 Å². The van der Waals surface area contributed by atoms with Crippen LogP contribution in [0.25, 0.3) is 0 Å². The number of piperidine rings is 1. The highest BCUT2D eigenvalue weighted by atomic mass is 35.5. The van der Waals surface area contributed by atoms with Crippen LogP contribution in [0.4, 0.5) is 10.2 Å². The number of carbonyl (C=O) groups is 2. The minimum Gasteiger partial charge on any atom is -0.342 e. The number of pyridine rings is 1. The maximum absolute atomic E-state index is 14.7. The van der Waals surface area contributed by atoms with Crippen molar-refractivity contribution in [1.29, 1.82) is 0 Å². The van der Waals surface area contributed by atoms with Gasteiger partial charge in [0, 0.05) is 42.9 Å². The van der Waals surface area contributed by atoms with Crippen molar-refractivity contribution in [3.63, 3.8) is 0 Å². The Kier molecular flexibility index (Phi) is 8.01. The lowest BCUT2D eigenvalue weighted by Gasteiger charge is -2.34. The SMILES string of the molecule is CC(C)C(=O)N1CCC[C@H](Cn2ncc(Cl)c2C(=O)Nc2ncc(C#Cc3ccccc3)cc2F)C1. The zero-order valence-electron chi connectivity index (χ0n) is 20.2. The average molecular weight is 508 g/mol. The fourth-order valence-electron chi connectivity index (χ4n) is 4.18. The van der Waals surface area contributed by atoms with Crippen molar-refractivity contribution in [2.45, 2.75) is 33.2 Å². The van der Waals surface area contributed by atoms with Gasteiger partial charge in [0.1, 0.15) is 5.69 Å². The Balaban J connectivity index is 1.45. The van der Waals surface area contributed by atoms with E-state index in [9.17, 15) is 14.0 Å². The minimum atomic E-state index is -0.708. The zero-order valence-corrected chi connectivity index (χ0v) is 20.9. The molecule has 186 valence electrons. The van der Waals surface area contributed by atoms with Gasteiger partial charge < -0.3 is 10.2 Å². The van der Waals surface area contributed by atoms with Crippen LogP contribution in [0.2, 0.25) is 5.02 Å². The van der Waals surface area contributed by atoms with Crippen LogP contribution in [0.3, 0.4) is 0 Å². The molecule has 7 nitrogen and oxygen atoms in total. The molecule has 0 spiro atoms. The zero-order chi connectivity index (χ0) is 25.7. The molecule has 1 aliphatic heterocycles. The molecule has 0 radical (unpaired) electrons. The van der Waals surface area contributed by atoms with Gasteiger partial charge in [-0.2, -0.15) is 5.10 Å². The number of rotatable bonds is 5. The van der Waals surface area contributed by atoms with E-state index in [0.717, 1.165) is 24.9 Å². The predicted octanol–water partition coefficient (Wildman–Crippen LogP) is 4.62. The van der Waals surface area contributed by atoms with E-state index in [1.54, 1.807) is 0 Å². The van der Waals surface area contributed by atoms with Gasteiger partial charge in [0.05, 0.1) is 11.2 Å². The number of nitrogens with one attached hydrogen (secondary N) is 1. The fourth-order valence-corrected chi connectivity index (χ4v) is 4.41. The van der Waals surface area contributed by atoms with Crippen LogP contribution in [0.1, 0.15) is 48.3 Å².